The molecule has 0 spiro atoms. The van der Waals surface area contributed by atoms with Gasteiger partial charge in [-0.15, -0.1) is 15.3 Å². The van der Waals surface area contributed by atoms with Crippen molar-refractivity contribution < 1.29 is 0 Å². The second-order valence-electron chi connectivity index (χ2n) is 5.64. The maximum Gasteiger partial charge on any atom is 0.191 e. The summed E-state index contributed by atoms with van der Waals surface area (Å²) < 4.78 is 4.04. The lowest BCUT2D eigenvalue weighted by molar-refractivity contribution is 0.592. The summed E-state index contributed by atoms with van der Waals surface area (Å²) in [6.07, 6.45) is 0. The highest BCUT2D eigenvalue weighted by molar-refractivity contribution is 7.99. The molecule has 0 amide bonds. The molecule has 7 heteroatoms. The normalized spacial score (nSPS) is 11.2. The molecule has 0 aliphatic heterocycles. The molecule has 0 atom stereocenters. The topological polar surface area (TPSA) is 61.4 Å². The summed E-state index contributed by atoms with van der Waals surface area (Å²) in [7, 11) is 0. The summed E-state index contributed by atoms with van der Waals surface area (Å²) in [6, 6.07) is 18.3. The Hall–Kier alpha value is -2.67. The summed E-state index contributed by atoms with van der Waals surface area (Å²) in [5, 5.41) is 18.2. The lowest BCUT2D eigenvalue weighted by Gasteiger charge is -2.10. The Morgan fingerprint density at radius 2 is 1.68 bits per heavy atom. The molecule has 0 unspecified atom stereocenters. The Morgan fingerprint density at radius 3 is 2.52 bits per heavy atom. The lowest BCUT2D eigenvalue weighted by Crippen LogP contribution is -2.11. The summed E-state index contributed by atoms with van der Waals surface area (Å²) in [5.41, 5.74) is 3.12. The van der Waals surface area contributed by atoms with E-state index in [4.69, 9.17) is 0 Å². The molecule has 0 N–H and O–H groups in total. The van der Waals surface area contributed by atoms with Crippen molar-refractivity contribution in [2.24, 2.45) is 0 Å². The van der Waals surface area contributed by atoms with E-state index < -0.39 is 0 Å². The van der Waals surface area contributed by atoms with Gasteiger partial charge in [-0.2, -0.15) is 0 Å². The van der Waals surface area contributed by atoms with E-state index in [1.54, 1.807) is 11.8 Å². The van der Waals surface area contributed by atoms with Gasteiger partial charge in [0.05, 0.1) is 12.1 Å². The first-order chi connectivity index (χ1) is 12.3. The lowest BCUT2D eigenvalue weighted by atomic mass is 10.2. The zero-order valence-electron chi connectivity index (χ0n) is 13.9. The van der Waals surface area contributed by atoms with Crippen molar-refractivity contribution in [3.8, 4) is 0 Å². The molecule has 2 aromatic heterocycles. The number of rotatable bonds is 6. The molecule has 2 aromatic carbocycles. The monoisotopic (exact) mass is 350 g/mol. The van der Waals surface area contributed by atoms with Gasteiger partial charge in [-0.25, -0.2) is 4.68 Å². The Morgan fingerprint density at radius 1 is 0.880 bits per heavy atom. The standard InChI is InChI=1S/C18H18N6S/c1-2-25-18-21-20-17(23(18)12-14-8-4-3-5-9-14)13-24-16-11-7-6-10-15(16)19-22-24/h3-11H,2,12-13H2,1H3. The summed E-state index contributed by atoms with van der Waals surface area (Å²) >= 11 is 1.70. The molecule has 126 valence electrons. The van der Waals surface area contributed by atoms with Crippen molar-refractivity contribution >= 4 is 22.8 Å². The quantitative estimate of drug-likeness (QED) is 0.500. The van der Waals surface area contributed by atoms with E-state index in [0.717, 1.165) is 34.3 Å². The van der Waals surface area contributed by atoms with Crippen LogP contribution in [0.15, 0.2) is 59.8 Å². The van der Waals surface area contributed by atoms with E-state index in [2.05, 4.69) is 56.3 Å². The Bertz CT molecular complexity index is 976. The van der Waals surface area contributed by atoms with Crippen molar-refractivity contribution in [2.75, 3.05) is 5.75 Å². The van der Waals surface area contributed by atoms with Crippen LogP contribution in [-0.2, 0) is 13.1 Å². The maximum atomic E-state index is 4.42. The zero-order valence-corrected chi connectivity index (χ0v) is 14.7. The van der Waals surface area contributed by atoms with E-state index in [-0.39, 0.29) is 0 Å². The zero-order chi connectivity index (χ0) is 17.1. The van der Waals surface area contributed by atoms with Crippen molar-refractivity contribution in [3.63, 3.8) is 0 Å². The highest BCUT2D eigenvalue weighted by Crippen LogP contribution is 2.20. The Balaban J connectivity index is 1.69. The molecule has 0 aliphatic carbocycles. The molecule has 0 saturated heterocycles. The smallest absolute Gasteiger partial charge is 0.191 e. The number of hydrogen-bond donors (Lipinski definition) is 0. The average Bonchev–Trinajstić information content (AvgIpc) is 3.22. The second kappa shape index (κ2) is 7.06. The van der Waals surface area contributed by atoms with Gasteiger partial charge in [0, 0.05) is 0 Å². The maximum absolute atomic E-state index is 4.42. The number of benzene rings is 2. The van der Waals surface area contributed by atoms with Gasteiger partial charge in [-0.1, -0.05) is 66.4 Å². The van der Waals surface area contributed by atoms with Gasteiger partial charge in [0.25, 0.3) is 0 Å². The predicted octanol–water partition coefficient (Wildman–Crippen LogP) is 3.23. The molecule has 0 radical (unpaired) electrons. The third-order valence-corrected chi connectivity index (χ3v) is 4.81. The minimum absolute atomic E-state index is 0.546. The minimum atomic E-state index is 0.546. The number of hydrogen-bond acceptors (Lipinski definition) is 5. The van der Waals surface area contributed by atoms with Crippen LogP contribution in [0.4, 0.5) is 0 Å². The number of nitrogens with zero attached hydrogens (tertiary/aromatic N) is 6. The molecule has 0 aliphatic rings. The minimum Gasteiger partial charge on any atom is -0.300 e. The predicted molar refractivity (Wildman–Crippen MR) is 98.6 cm³/mol. The van der Waals surface area contributed by atoms with Gasteiger partial charge in [0.2, 0.25) is 0 Å². The van der Waals surface area contributed by atoms with E-state index in [1.807, 2.05) is 35.0 Å². The molecule has 2 heterocycles. The van der Waals surface area contributed by atoms with Gasteiger partial charge in [-0.05, 0) is 23.4 Å². The van der Waals surface area contributed by atoms with Crippen LogP contribution in [0.2, 0.25) is 0 Å². The van der Waals surface area contributed by atoms with Gasteiger partial charge < -0.3 is 0 Å². The van der Waals surface area contributed by atoms with Crippen molar-refractivity contribution in [2.45, 2.75) is 25.2 Å². The highest BCUT2D eigenvalue weighted by Gasteiger charge is 2.15. The first-order valence-corrected chi connectivity index (χ1v) is 9.20. The number of para-hydroxylation sites is 1. The van der Waals surface area contributed by atoms with Crippen LogP contribution in [-0.4, -0.2) is 35.5 Å². The molecular weight excluding hydrogens is 332 g/mol. The SMILES string of the molecule is CCSc1nnc(Cn2nnc3ccccc32)n1Cc1ccccc1. The second-order valence-corrected chi connectivity index (χ2v) is 6.87. The van der Waals surface area contributed by atoms with Crippen LogP contribution in [0.1, 0.15) is 18.3 Å². The van der Waals surface area contributed by atoms with E-state index in [9.17, 15) is 0 Å². The number of fused-ring (bicyclic) bond motifs is 1. The van der Waals surface area contributed by atoms with Gasteiger partial charge in [0.15, 0.2) is 11.0 Å². The third kappa shape index (κ3) is 3.28. The molecule has 6 nitrogen and oxygen atoms in total. The van der Waals surface area contributed by atoms with Crippen molar-refractivity contribution in [1.82, 2.24) is 29.8 Å². The fourth-order valence-corrected chi connectivity index (χ4v) is 3.45. The molecular formula is C18H18N6S. The summed E-state index contributed by atoms with van der Waals surface area (Å²) in [6.45, 7) is 3.42. The first-order valence-electron chi connectivity index (χ1n) is 8.22. The van der Waals surface area contributed by atoms with E-state index >= 15 is 0 Å². The fraction of sp³-hybridized carbons (Fsp3) is 0.222. The van der Waals surface area contributed by atoms with E-state index in [0.29, 0.717) is 6.54 Å². The molecule has 4 aromatic rings. The molecule has 4 rings (SSSR count). The van der Waals surface area contributed by atoms with Crippen LogP contribution in [0, 0.1) is 0 Å². The Kier molecular flexibility index (Phi) is 4.47. The summed E-state index contributed by atoms with van der Waals surface area (Å²) in [4.78, 5) is 0. The molecule has 25 heavy (non-hydrogen) atoms. The van der Waals surface area contributed by atoms with Crippen LogP contribution < -0.4 is 0 Å². The molecule has 0 bridgehead atoms. The van der Waals surface area contributed by atoms with Crippen molar-refractivity contribution in [1.29, 1.82) is 0 Å². The van der Waals surface area contributed by atoms with Gasteiger partial charge in [0.1, 0.15) is 12.1 Å². The van der Waals surface area contributed by atoms with Gasteiger partial charge >= 0.3 is 0 Å². The Labute approximate surface area is 149 Å². The molecule has 0 fully saturated rings. The highest BCUT2D eigenvalue weighted by atomic mass is 32.2. The van der Waals surface area contributed by atoms with E-state index in [1.165, 1.54) is 5.56 Å². The third-order valence-electron chi connectivity index (χ3n) is 3.96. The largest absolute Gasteiger partial charge is 0.300 e. The summed E-state index contributed by atoms with van der Waals surface area (Å²) in [5.74, 6) is 1.84. The average molecular weight is 350 g/mol. The van der Waals surface area contributed by atoms with Crippen LogP contribution in [0.25, 0.3) is 11.0 Å². The fourth-order valence-electron chi connectivity index (χ4n) is 2.76. The number of aromatic nitrogens is 6. The first kappa shape index (κ1) is 15.8. The van der Waals surface area contributed by atoms with Crippen LogP contribution in [0.5, 0.6) is 0 Å². The van der Waals surface area contributed by atoms with Crippen LogP contribution >= 0.6 is 11.8 Å². The van der Waals surface area contributed by atoms with Gasteiger partial charge in [-0.3, -0.25) is 4.57 Å². The number of thioether (sulfide) groups is 1. The van der Waals surface area contributed by atoms with Crippen molar-refractivity contribution in [3.05, 3.63) is 66.0 Å². The molecule has 0 saturated carbocycles. The van der Waals surface area contributed by atoms with Crippen LogP contribution in [0.3, 0.4) is 0 Å².